The minimum absolute atomic E-state index is 0.0190. The Bertz CT molecular complexity index is 1500. The fourth-order valence-corrected chi connectivity index (χ4v) is 4.68. The Kier molecular flexibility index (Phi) is 6.96. The Hall–Kier alpha value is -4.50. The van der Waals surface area contributed by atoms with E-state index in [9.17, 15) is 9.59 Å². The normalized spacial score (nSPS) is 15.1. The molecule has 1 saturated heterocycles. The molecule has 37 heavy (non-hydrogen) atoms. The van der Waals surface area contributed by atoms with E-state index in [2.05, 4.69) is 47.9 Å². The van der Waals surface area contributed by atoms with Gasteiger partial charge in [0.15, 0.2) is 11.5 Å². The Morgan fingerprint density at radius 3 is 2.81 bits per heavy atom. The molecule has 1 aliphatic rings. The topological polar surface area (TPSA) is 138 Å². The molecular formula is C25H24N8O3S. The molecule has 4 aromatic rings. The molecule has 1 atom stereocenters. The zero-order valence-corrected chi connectivity index (χ0v) is 21.1. The SMILES string of the molecule is CC#CC(=O)N1CCC[C@@H](Nc2n[nH]c3nccc(Oc4ccc(C(=O)Nc5nnc(C)s5)cc4)c23)C1. The average molecular weight is 517 g/mol. The minimum atomic E-state index is -0.278. The summed E-state index contributed by atoms with van der Waals surface area (Å²) >= 11 is 1.31. The lowest BCUT2D eigenvalue weighted by Gasteiger charge is -2.32. The number of carbonyl (C=O) groups is 2. The number of aromatic amines is 1. The van der Waals surface area contributed by atoms with E-state index in [1.807, 2.05) is 6.92 Å². The third-order valence-corrected chi connectivity index (χ3v) is 6.55. The molecule has 0 radical (unpaired) electrons. The molecule has 0 bridgehead atoms. The molecule has 0 spiro atoms. The largest absolute Gasteiger partial charge is 0.456 e. The number of H-pyrrole nitrogens is 1. The number of piperidine rings is 1. The summed E-state index contributed by atoms with van der Waals surface area (Å²) in [6.45, 7) is 4.71. The number of anilines is 2. The summed E-state index contributed by atoms with van der Waals surface area (Å²) in [5, 5.41) is 23.3. The highest BCUT2D eigenvalue weighted by Crippen LogP contribution is 2.33. The molecule has 3 aromatic heterocycles. The zero-order chi connectivity index (χ0) is 25.8. The van der Waals surface area contributed by atoms with Crippen molar-refractivity contribution in [2.45, 2.75) is 32.7 Å². The molecule has 1 fully saturated rings. The van der Waals surface area contributed by atoms with Crippen molar-refractivity contribution in [3.8, 4) is 23.3 Å². The molecular weight excluding hydrogens is 492 g/mol. The van der Waals surface area contributed by atoms with Gasteiger partial charge in [-0.3, -0.25) is 20.0 Å². The Morgan fingerprint density at radius 1 is 1.22 bits per heavy atom. The number of nitrogens with one attached hydrogen (secondary N) is 3. The van der Waals surface area contributed by atoms with Gasteiger partial charge in [0.2, 0.25) is 5.13 Å². The molecule has 0 aliphatic carbocycles. The van der Waals surface area contributed by atoms with Crippen LogP contribution in [0.3, 0.4) is 0 Å². The number of hydrogen-bond acceptors (Lipinski definition) is 9. The van der Waals surface area contributed by atoms with E-state index in [0.29, 0.717) is 52.1 Å². The van der Waals surface area contributed by atoms with Gasteiger partial charge in [-0.2, -0.15) is 5.10 Å². The number of carbonyl (C=O) groups excluding carboxylic acids is 2. The number of rotatable bonds is 6. The van der Waals surface area contributed by atoms with Crippen molar-refractivity contribution >= 4 is 45.1 Å². The first-order chi connectivity index (χ1) is 18.0. The predicted molar refractivity (Wildman–Crippen MR) is 140 cm³/mol. The van der Waals surface area contributed by atoms with E-state index >= 15 is 0 Å². The summed E-state index contributed by atoms with van der Waals surface area (Å²) < 4.78 is 6.15. The monoisotopic (exact) mass is 516 g/mol. The molecule has 4 heterocycles. The van der Waals surface area contributed by atoms with Crippen LogP contribution < -0.4 is 15.4 Å². The van der Waals surface area contributed by atoms with E-state index in [0.717, 1.165) is 17.8 Å². The van der Waals surface area contributed by atoms with Crippen LogP contribution in [0, 0.1) is 18.8 Å². The van der Waals surface area contributed by atoms with Crippen LogP contribution in [0.25, 0.3) is 11.0 Å². The van der Waals surface area contributed by atoms with Gasteiger partial charge in [-0.25, -0.2) is 4.98 Å². The van der Waals surface area contributed by atoms with Crippen molar-refractivity contribution in [1.29, 1.82) is 0 Å². The average Bonchev–Trinajstić information content (AvgIpc) is 3.51. The number of pyridine rings is 1. The van der Waals surface area contributed by atoms with Gasteiger partial charge in [-0.1, -0.05) is 17.3 Å². The summed E-state index contributed by atoms with van der Waals surface area (Å²) in [6, 6.07) is 8.58. The summed E-state index contributed by atoms with van der Waals surface area (Å²) in [4.78, 5) is 30.8. The van der Waals surface area contributed by atoms with Crippen LogP contribution in [0.15, 0.2) is 36.5 Å². The highest BCUT2D eigenvalue weighted by molar-refractivity contribution is 7.15. The van der Waals surface area contributed by atoms with Crippen LogP contribution in [-0.2, 0) is 4.79 Å². The fraction of sp³-hybridized carbons (Fsp3) is 0.280. The molecule has 11 nitrogen and oxygen atoms in total. The van der Waals surface area contributed by atoms with E-state index < -0.39 is 0 Å². The number of aromatic nitrogens is 5. The highest BCUT2D eigenvalue weighted by atomic mass is 32.1. The van der Waals surface area contributed by atoms with Gasteiger partial charge in [-0.05, 0) is 56.9 Å². The highest BCUT2D eigenvalue weighted by Gasteiger charge is 2.24. The molecule has 2 amide bonds. The molecule has 0 saturated carbocycles. The summed E-state index contributed by atoms with van der Waals surface area (Å²) in [6.07, 6.45) is 3.40. The number of nitrogens with zero attached hydrogens (tertiary/aromatic N) is 5. The maximum absolute atomic E-state index is 12.5. The van der Waals surface area contributed by atoms with Crippen molar-refractivity contribution in [2.75, 3.05) is 23.7 Å². The number of aryl methyl sites for hydroxylation is 1. The molecule has 188 valence electrons. The summed E-state index contributed by atoms with van der Waals surface area (Å²) in [5.74, 6) is 6.55. The molecule has 1 aliphatic heterocycles. The molecule has 5 rings (SSSR count). The Morgan fingerprint density at radius 2 is 2.05 bits per heavy atom. The first-order valence-electron chi connectivity index (χ1n) is 11.7. The number of amides is 2. The second-order valence-corrected chi connectivity index (χ2v) is 9.60. The number of likely N-dealkylation sites (tertiary alicyclic amines) is 1. The van der Waals surface area contributed by atoms with E-state index in [4.69, 9.17) is 4.74 Å². The van der Waals surface area contributed by atoms with Crippen LogP contribution in [0.1, 0.15) is 35.1 Å². The van der Waals surface area contributed by atoms with Gasteiger partial charge < -0.3 is 15.0 Å². The van der Waals surface area contributed by atoms with E-state index in [-0.39, 0.29) is 17.9 Å². The smallest absolute Gasteiger partial charge is 0.298 e. The minimum Gasteiger partial charge on any atom is -0.456 e. The van der Waals surface area contributed by atoms with E-state index in [1.165, 1.54) is 11.3 Å². The zero-order valence-electron chi connectivity index (χ0n) is 20.2. The number of ether oxygens (including phenoxy) is 1. The Balaban J connectivity index is 1.30. The van der Waals surface area contributed by atoms with Crippen molar-refractivity contribution in [3.63, 3.8) is 0 Å². The Labute approximate surface area is 216 Å². The standard InChI is InChI=1S/C25H24N8O3S/c1-3-5-20(34)33-13-4-6-17(14-33)27-23-21-19(11-12-26-22(21)30-31-23)36-18-9-7-16(8-10-18)24(35)28-25-32-29-15(2)37-25/h7-12,17H,4,6,13-14H2,1-2H3,(H,28,32,35)(H2,26,27,30,31)/t17-/m1/s1. The van der Waals surface area contributed by atoms with Crippen molar-refractivity contribution in [1.82, 2.24) is 30.3 Å². The lowest BCUT2D eigenvalue weighted by Crippen LogP contribution is -2.44. The van der Waals surface area contributed by atoms with Crippen LogP contribution in [-0.4, -0.2) is 61.2 Å². The second kappa shape index (κ2) is 10.6. The lowest BCUT2D eigenvalue weighted by molar-refractivity contribution is -0.126. The van der Waals surface area contributed by atoms with Crippen molar-refractivity contribution in [3.05, 3.63) is 47.1 Å². The molecule has 12 heteroatoms. The first kappa shape index (κ1) is 24.2. The maximum atomic E-state index is 12.5. The second-order valence-electron chi connectivity index (χ2n) is 8.42. The quantitative estimate of drug-likeness (QED) is 0.331. The fourth-order valence-electron chi connectivity index (χ4n) is 4.09. The summed E-state index contributed by atoms with van der Waals surface area (Å²) in [5.41, 5.74) is 1.04. The maximum Gasteiger partial charge on any atom is 0.298 e. The number of fused-ring (bicyclic) bond motifs is 1. The predicted octanol–water partition coefficient (Wildman–Crippen LogP) is 3.59. The van der Waals surface area contributed by atoms with Crippen molar-refractivity contribution in [2.24, 2.45) is 0 Å². The van der Waals surface area contributed by atoms with E-state index in [1.54, 1.807) is 48.4 Å². The van der Waals surface area contributed by atoms with Gasteiger partial charge in [0.1, 0.15) is 21.9 Å². The van der Waals surface area contributed by atoms with Crippen LogP contribution in [0.5, 0.6) is 11.5 Å². The molecule has 3 N–H and O–H groups in total. The van der Waals surface area contributed by atoms with Crippen LogP contribution >= 0.6 is 11.3 Å². The molecule has 0 unspecified atom stereocenters. The van der Waals surface area contributed by atoms with Crippen LogP contribution in [0.2, 0.25) is 0 Å². The number of benzene rings is 1. The van der Waals surface area contributed by atoms with Gasteiger partial charge in [-0.15, -0.1) is 10.2 Å². The molecule has 1 aromatic carbocycles. The summed E-state index contributed by atoms with van der Waals surface area (Å²) in [7, 11) is 0. The van der Waals surface area contributed by atoms with Gasteiger partial charge >= 0.3 is 0 Å². The first-order valence-corrected chi connectivity index (χ1v) is 12.5. The number of hydrogen-bond donors (Lipinski definition) is 3. The lowest BCUT2D eigenvalue weighted by atomic mass is 10.1. The van der Waals surface area contributed by atoms with Crippen LogP contribution in [0.4, 0.5) is 10.9 Å². The van der Waals surface area contributed by atoms with Gasteiger partial charge in [0.25, 0.3) is 11.8 Å². The third-order valence-electron chi connectivity index (χ3n) is 5.80. The van der Waals surface area contributed by atoms with Crippen molar-refractivity contribution < 1.29 is 14.3 Å². The van der Waals surface area contributed by atoms with Gasteiger partial charge in [0, 0.05) is 37.0 Å². The van der Waals surface area contributed by atoms with Gasteiger partial charge in [0.05, 0.1) is 0 Å². The third kappa shape index (κ3) is 5.52.